The smallest absolute Gasteiger partial charge is 0.407 e. The van der Waals surface area contributed by atoms with Gasteiger partial charge in [-0.25, -0.2) is 4.79 Å². The van der Waals surface area contributed by atoms with Gasteiger partial charge in [0.1, 0.15) is 5.60 Å². The predicted molar refractivity (Wildman–Crippen MR) is 83.7 cm³/mol. The average Bonchev–Trinajstić information content (AvgIpc) is 2.29. The summed E-state index contributed by atoms with van der Waals surface area (Å²) in [7, 11) is 0. The third kappa shape index (κ3) is 6.10. The first-order chi connectivity index (χ1) is 9.29. The number of rotatable bonds is 5. The lowest BCUT2D eigenvalue weighted by molar-refractivity contribution is 0.0528. The molecular formula is C13H21BrN4O2. The zero-order chi connectivity index (χ0) is 15.2. The van der Waals surface area contributed by atoms with E-state index in [0.717, 1.165) is 16.6 Å². The van der Waals surface area contributed by atoms with Gasteiger partial charge in [-0.05, 0) is 43.1 Å². The molecule has 1 aromatic heterocycles. The van der Waals surface area contributed by atoms with Gasteiger partial charge in [-0.1, -0.05) is 0 Å². The zero-order valence-electron chi connectivity index (χ0n) is 12.0. The van der Waals surface area contributed by atoms with Gasteiger partial charge in [0.15, 0.2) is 0 Å². The molecule has 112 valence electrons. The van der Waals surface area contributed by atoms with E-state index < -0.39 is 11.7 Å². The Hall–Kier alpha value is -1.50. The SMILES string of the molecule is CC(C)(C)OC(=O)NCCCNc1c(N)cncc1Br. The van der Waals surface area contributed by atoms with Gasteiger partial charge in [0, 0.05) is 19.3 Å². The van der Waals surface area contributed by atoms with Crippen LogP contribution in [0.4, 0.5) is 16.2 Å². The molecule has 6 nitrogen and oxygen atoms in total. The molecule has 0 saturated heterocycles. The molecule has 0 spiro atoms. The van der Waals surface area contributed by atoms with Crippen LogP contribution in [-0.2, 0) is 4.74 Å². The van der Waals surface area contributed by atoms with Crippen LogP contribution in [0.2, 0.25) is 0 Å². The van der Waals surface area contributed by atoms with Crippen LogP contribution in [0.1, 0.15) is 27.2 Å². The largest absolute Gasteiger partial charge is 0.444 e. The minimum atomic E-state index is -0.474. The number of hydrogen-bond acceptors (Lipinski definition) is 5. The molecule has 1 rings (SSSR count). The molecule has 4 N–H and O–H groups in total. The summed E-state index contributed by atoms with van der Waals surface area (Å²) < 4.78 is 5.95. The van der Waals surface area contributed by atoms with Gasteiger partial charge in [0.2, 0.25) is 0 Å². The molecule has 1 heterocycles. The maximum Gasteiger partial charge on any atom is 0.407 e. The van der Waals surface area contributed by atoms with Crippen LogP contribution in [0, 0.1) is 0 Å². The van der Waals surface area contributed by atoms with Gasteiger partial charge in [-0.2, -0.15) is 0 Å². The molecule has 0 aliphatic rings. The van der Waals surface area contributed by atoms with Gasteiger partial charge in [0.05, 0.1) is 22.0 Å². The number of hydrogen-bond donors (Lipinski definition) is 3. The maximum atomic E-state index is 11.4. The first-order valence-corrected chi connectivity index (χ1v) is 7.18. The van der Waals surface area contributed by atoms with E-state index in [0.29, 0.717) is 18.8 Å². The molecule has 0 aromatic carbocycles. The fraction of sp³-hybridized carbons (Fsp3) is 0.538. The minimum Gasteiger partial charge on any atom is -0.444 e. The van der Waals surface area contributed by atoms with E-state index in [-0.39, 0.29) is 0 Å². The minimum absolute atomic E-state index is 0.401. The Labute approximate surface area is 127 Å². The third-order valence-corrected chi connectivity index (χ3v) is 2.85. The molecular weight excluding hydrogens is 324 g/mol. The molecule has 0 aliphatic heterocycles. The molecule has 0 fully saturated rings. The van der Waals surface area contributed by atoms with Gasteiger partial charge in [0.25, 0.3) is 0 Å². The Morgan fingerprint density at radius 1 is 1.40 bits per heavy atom. The Bertz CT molecular complexity index is 440. The number of ether oxygens (including phenoxy) is 1. The summed E-state index contributed by atoms with van der Waals surface area (Å²) in [5.41, 5.74) is 6.74. The van der Waals surface area contributed by atoms with Crippen molar-refractivity contribution in [2.45, 2.75) is 32.8 Å². The van der Waals surface area contributed by atoms with E-state index in [9.17, 15) is 4.79 Å². The van der Waals surface area contributed by atoms with Gasteiger partial charge in [-0.15, -0.1) is 0 Å². The number of carbonyl (C=O) groups excluding carboxylic acids is 1. The van der Waals surface area contributed by atoms with Crippen LogP contribution in [0.3, 0.4) is 0 Å². The van der Waals surface area contributed by atoms with Crippen molar-refractivity contribution in [3.05, 3.63) is 16.9 Å². The van der Waals surface area contributed by atoms with Crippen molar-refractivity contribution >= 4 is 33.4 Å². The van der Waals surface area contributed by atoms with Crippen molar-refractivity contribution in [1.82, 2.24) is 10.3 Å². The number of pyridine rings is 1. The second-order valence-corrected chi connectivity index (χ2v) is 6.15. The number of carbonyl (C=O) groups is 1. The summed E-state index contributed by atoms with van der Waals surface area (Å²) in [5.74, 6) is 0. The third-order valence-electron chi connectivity index (χ3n) is 2.25. The number of nitrogens with one attached hydrogen (secondary N) is 2. The lowest BCUT2D eigenvalue weighted by Crippen LogP contribution is -2.33. The fourth-order valence-corrected chi connectivity index (χ4v) is 1.93. The number of anilines is 2. The second kappa shape index (κ2) is 7.33. The Balaban J connectivity index is 2.24. The number of amides is 1. The van der Waals surface area contributed by atoms with E-state index in [2.05, 4.69) is 31.5 Å². The number of nitrogens with zero attached hydrogens (tertiary/aromatic N) is 1. The normalized spacial score (nSPS) is 11.0. The summed E-state index contributed by atoms with van der Waals surface area (Å²) >= 11 is 3.38. The van der Waals surface area contributed by atoms with Crippen molar-refractivity contribution in [3.63, 3.8) is 0 Å². The van der Waals surface area contributed by atoms with Crippen molar-refractivity contribution in [2.24, 2.45) is 0 Å². The highest BCUT2D eigenvalue weighted by Crippen LogP contribution is 2.26. The van der Waals surface area contributed by atoms with E-state index in [4.69, 9.17) is 10.5 Å². The molecule has 0 unspecified atom stereocenters. The Morgan fingerprint density at radius 2 is 2.10 bits per heavy atom. The highest BCUT2D eigenvalue weighted by atomic mass is 79.9. The first-order valence-electron chi connectivity index (χ1n) is 6.39. The molecule has 0 bridgehead atoms. The van der Waals surface area contributed by atoms with Crippen molar-refractivity contribution in [3.8, 4) is 0 Å². The lowest BCUT2D eigenvalue weighted by atomic mass is 10.2. The van der Waals surface area contributed by atoms with Crippen LogP contribution >= 0.6 is 15.9 Å². The van der Waals surface area contributed by atoms with Crippen LogP contribution in [0.15, 0.2) is 16.9 Å². The van der Waals surface area contributed by atoms with E-state index in [1.54, 1.807) is 12.4 Å². The molecule has 20 heavy (non-hydrogen) atoms. The summed E-state index contributed by atoms with van der Waals surface area (Å²) in [6.45, 7) is 6.71. The molecule has 7 heteroatoms. The van der Waals surface area contributed by atoms with Crippen LogP contribution in [0.25, 0.3) is 0 Å². The molecule has 0 radical (unpaired) electrons. The van der Waals surface area contributed by atoms with Gasteiger partial charge >= 0.3 is 6.09 Å². The number of nitrogen functional groups attached to an aromatic ring is 1. The Kier molecular flexibility index (Phi) is 6.06. The molecule has 0 saturated carbocycles. The van der Waals surface area contributed by atoms with Crippen molar-refractivity contribution < 1.29 is 9.53 Å². The summed E-state index contributed by atoms with van der Waals surface area (Å²) in [4.78, 5) is 15.4. The molecule has 0 aliphatic carbocycles. The first kappa shape index (κ1) is 16.6. The topological polar surface area (TPSA) is 89.3 Å². The Morgan fingerprint density at radius 3 is 2.70 bits per heavy atom. The highest BCUT2D eigenvalue weighted by molar-refractivity contribution is 9.10. The molecule has 1 aromatic rings. The number of nitrogens with two attached hydrogens (primary N) is 1. The number of alkyl carbamates (subject to hydrolysis) is 1. The van der Waals surface area contributed by atoms with E-state index in [1.165, 1.54) is 0 Å². The quantitative estimate of drug-likeness (QED) is 0.714. The second-order valence-electron chi connectivity index (χ2n) is 5.29. The molecule has 0 atom stereocenters. The van der Waals surface area contributed by atoms with Crippen LogP contribution in [-0.4, -0.2) is 29.8 Å². The monoisotopic (exact) mass is 344 g/mol. The number of halogens is 1. The van der Waals surface area contributed by atoms with Crippen LogP contribution in [0.5, 0.6) is 0 Å². The maximum absolute atomic E-state index is 11.4. The standard InChI is InChI=1S/C13H21BrN4O2/c1-13(2,3)20-12(19)18-6-4-5-17-11-9(14)7-16-8-10(11)15/h7-8H,4-6,15H2,1-3H3,(H,16,17)(H,18,19). The molecule has 1 amide bonds. The summed E-state index contributed by atoms with van der Waals surface area (Å²) in [6.07, 6.45) is 3.62. The summed E-state index contributed by atoms with van der Waals surface area (Å²) in [5, 5.41) is 5.90. The summed E-state index contributed by atoms with van der Waals surface area (Å²) in [6, 6.07) is 0. The van der Waals surface area contributed by atoms with Gasteiger partial charge < -0.3 is 21.1 Å². The lowest BCUT2D eigenvalue weighted by Gasteiger charge is -2.19. The zero-order valence-corrected chi connectivity index (χ0v) is 13.6. The van der Waals surface area contributed by atoms with E-state index in [1.807, 2.05) is 20.8 Å². The number of aromatic nitrogens is 1. The fourth-order valence-electron chi connectivity index (χ4n) is 1.44. The van der Waals surface area contributed by atoms with Crippen molar-refractivity contribution in [1.29, 1.82) is 0 Å². The average molecular weight is 345 g/mol. The van der Waals surface area contributed by atoms with Gasteiger partial charge in [-0.3, -0.25) is 4.98 Å². The van der Waals surface area contributed by atoms with Crippen LogP contribution < -0.4 is 16.4 Å². The van der Waals surface area contributed by atoms with E-state index >= 15 is 0 Å². The van der Waals surface area contributed by atoms with Crippen molar-refractivity contribution in [2.75, 3.05) is 24.1 Å². The highest BCUT2D eigenvalue weighted by Gasteiger charge is 2.15. The predicted octanol–water partition coefficient (Wildman–Crippen LogP) is 2.75.